The summed E-state index contributed by atoms with van der Waals surface area (Å²) in [5.41, 5.74) is 7.37. The average Bonchev–Trinajstić information content (AvgIpc) is 3.20. The quantitative estimate of drug-likeness (QED) is 0.254. The highest BCUT2D eigenvalue weighted by atomic mass is 15.0. The molecular formula is C32H27N. The van der Waals surface area contributed by atoms with E-state index in [-0.39, 0.29) is 5.41 Å². The van der Waals surface area contributed by atoms with Crippen molar-refractivity contribution in [3.63, 3.8) is 0 Å². The molecule has 0 unspecified atom stereocenters. The molecule has 1 heterocycles. The standard InChI is InChI=1S/C32H27N/c1-22-11-5-4-6-13-24-17-19-25(21-29(24)32(22,2)3)33-30-16-10-9-15-27(30)28-20-18-23-12-7-8-14-26(23)31(28)33/h4-12,14-21H,1,13H2,2-3H3/b6-4-,11-5-. The Morgan fingerprint density at radius 1 is 0.788 bits per heavy atom. The molecule has 0 N–H and O–H groups in total. The zero-order valence-electron chi connectivity index (χ0n) is 19.2. The molecule has 0 saturated carbocycles. The molecule has 1 aliphatic carbocycles. The van der Waals surface area contributed by atoms with Crippen LogP contribution in [0, 0.1) is 0 Å². The van der Waals surface area contributed by atoms with Crippen molar-refractivity contribution in [3.05, 3.63) is 126 Å². The molecule has 33 heavy (non-hydrogen) atoms. The maximum Gasteiger partial charge on any atom is 0.0619 e. The van der Waals surface area contributed by atoms with E-state index in [4.69, 9.17) is 0 Å². The number of hydrogen-bond donors (Lipinski definition) is 0. The first-order valence-corrected chi connectivity index (χ1v) is 11.6. The van der Waals surface area contributed by atoms with E-state index in [0.29, 0.717) is 0 Å². The van der Waals surface area contributed by atoms with Gasteiger partial charge in [0.1, 0.15) is 0 Å². The summed E-state index contributed by atoms with van der Waals surface area (Å²) in [5, 5.41) is 5.13. The zero-order chi connectivity index (χ0) is 22.6. The normalized spacial score (nSPS) is 17.5. The van der Waals surface area contributed by atoms with Gasteiger partial charge in [-0.15, -0.1) is 0 Å². The Hall–Kier alpha value is -3.84. The Balaban J connectivity index is 1.72. The average molecular weight is 426 g/mol. The second kappa shape index (κ2) is 7.35. The molecule has 0 amide bonds. The third-order valence-electron chi connectivity index (χ3n) is 7.27. The second-order valence-corrected chi connectivity index (χ2v) is 9.52. The molecule has 0 bridgehead atoms. The van der Waals surface area contributed by atoms with Crippen LogP contribution in [-0.2, 0) is 11.8 Å². The van der Waals surface area contributed by atoms with Crippen LogP contribution >= 0.6 is 0 Å². The summed E-state index contributed by atoms with van der Waals surface area (Å²) in [6.45, 7) is 8.99. The van der Waals surface area contributed by atoms with Gasteiger partial charge in [0, 0.05) is 27.3 Å². The van der Waals surface area contributed by atoms with Gasteiger partial charge in [0.25, 0.3) is 0 Å². The van der Waals surface area contributed by atoms with Gasteiger partial charge in [0.05, 0.1) is 11.0 Å². The van der Waals surface area contributed by atoms with Crippen LogP contribution in [-0.4, -0.2) is 4.57 Å². The van der Waals surface area contributed by atoms with Crippen LogP contribution in [0.5, 0.6) is 0 Å². The Morgan fingerprint density at radius 3 is 2.45 bits per heavy atom. The van der Waals surface area contributed by atoms with Crippen molar-refractivity contribution in [3.8, 4) is 5.69 Å². The maximum absolute atomic E-state index is 4.41. The van der Waals surface area contributed by atoms with Crippen molar-refractivity contribution < 1.29 is 0 Å². The SMILES string of the molecule is C=C1/C=C\C=C/Cc2ccc(-n3c4ccccc4c4ccc5ccccc5c43)cc2C1(C)C. The van der Waals surface area contributed by atoms with E-state index in [9.17, 15) is 0 Å². The fourth-order valence-corrected chi connectivity index (χ4v) is 5.29. The minimum atomic E-state index is -0.158. The monoisotopic (exact) mass is 425 g/mol. The van der Waals surface area contributed by atoms with Crippen molar-refractivity contribution in [2.75, 3.05) is 0 Å². The van der Waals surface area contributed by atoms with Gasteiger partial charge in [0.2, 0.25) is 0 Å². The molecule has 5 aromatic rings. The molecule has 0 fully saturated rings. The number of fused-ring (bicyclic) bond motifs is 6. The molecule has 1 aliphatic rings. The second-order valence-electron chi connectivity index (χ2n) is 9.52. The zero-order valence-corrected chi connectivity index (χ0v) is 19.2. The van der Waals surface area contributed by atoms with Crippen molar-refractivity contribution in [1.82, 2.24) is 4.57 Å². The van der Waals surface area contributed by atoms with Crippen LogP contribution in [0.3, 0.4) is 0 Å². The number of aromatic nitrogens is 1. The first-order chi connectivity index (χ1) is 16.1. The highest BCUT2D eigenvalue weighted by Gasteiger charge is 2.27. The summed E-state index contributed by atoms with van der Waals surface area (Å²) in [6, 6.07) is 28.9. The minimum Gasteiger partial charge on any atom is -0.309 e. The van der Waals surface area contributed by atoms with Crippen molar-refractivity contribution in [2.24, 2.45) is 0 Å². The fourth-order valence-electron chi connectivity index (χ4n) is 5.29. The van der Waals surface area contributed by atoms with Crippen molar-refractivity contribution in [2.45, 2.75) is 25.7 Å². The molecule has 1 heteroatoms. The Labute approximate surface area is 195 Å². The summed E-state index contributed by atoms with van der Waals surface area (Å²) in [5.74, 6) is 0. The maximum atomic E-state index is 4.41. The highest BCUT2D eigenvalue weighted by molar-refractivity contribution is 6.18. The molecule has 1 aromatic heterocycles. The molecule has 0 spiro atoms. The van der Waals surface area contributed by atoms with Crippen LogP contribution in [0.2, 0.25) is 0 Å². The molecular weight excluding hydrogens is 398 g/mol. The summed E-state index contributed by atoms with van der Waals surface area (Å²) in [4.78, 5) is 0. The molecule has 4 aromatic carbocycles. The third kappa shape index (κ3) is 3.00. The largest absolute Gasteiger partial charge is 0.309 e. The van der Waals surface area contributed by atoms with Crippen molar-refractivity contribution in [1.29, 1.82) is 0 Å². The number of rotatable bonds is 1. The molecule has 6 rings (SSSR count). The molecule has 160 valence electrons. The predicted molar refractivity (Wildman–Crippen MR) is 142 cm³/mol. The number of benzene rings is 4. The smallest absolute Gasteiger partial charge is 0.0619 e. The Morgan fingerprint density at radius 2 is 1.58 bits per heavy atom. The summed E-state index contributed by atoms with van der Waals surface area (Å²) in [7, 11) is 0. The van der Waals surface area contributed by atoms with Gasteiger partial charge >= 0.3 is 0 Å². The van der Waals surface area contributed by atoms with Gasteiger partial charge in [-0.1, -0.05) is 105 Å². The van der Waals surface area contributed by atoms with Crippen LogP contribution in [0.15, 0.2) is 115 Å². The van der Waals surface area contributed by atoms with Gasteiger partial charge in [0.15, 0.2) is 0 Å². The first kappa shape index (κ1) is 19.8. The third-order valence-corrected chi connectivity index (χ3v) is 7.27. The lowest BCUT2D eigenvalue weighted by atomic mass is 9.75. The van der Waals surface area contributed by atoms with E-state index in [1.165, 1.54) is 49.4 Å². The lowest BCUT2D eigenvalue weighted by Crippen LogP contribution is -2.21. The van der Waals surface area contributed by atoms with Crippen LogP contribution in [0.1, 0.15) is 25.0 Å². The predicted octanol–water partition coefficient (Wildman–Crippen LogP) is 8.44. The van der Waals surface area contributed by atoms with Gasteiger partial charge < -0.3 is 4.57 Å². The molecule has 0 aliphatic heterocycles. The summed E-state index contributed by atoms with van der Waals surface area (Å²) < 4.78 is 2.45. The number of nitrogens with zero attached hydrogens (tertiary/aromatic N) is 1. The van der Waals surface area contributed by atoms with E-state index in [1.807, 2.05) is 0 Å². The minimum absolute atomic E-state index is 0.158. The van der Waals surface area contributed by atoms with Crippen LogP contribution in [0.25, 0.3) is 38.3 Å². The summed E-state index contributed by atoms with van der Waals surface area (Å²) in [6.07, 6.45) is 9.54. The molecule has 1 nitrogen and oxygen atoms in total. The first-order valence-electron chi connectivity index (χ1n) is 11.6. The van der Waals surface area contributed by atoms with E-state index in [1.54, 1.807) is 0 Å². The lowest BCUT2D eigenvalue weighted by molar-refractivity contribution is 0.634. The Kier molecular flexibility index (Phi) is 4.41. The number of hydrogen-bond acceptors (Lipinski definition) is 0. The van der Waals surface area contributed by atoms with Gasteiger partial charge in [-0.25, -0.2) is 0 Å². The summed E-state index contributed by atoms with van der Waals surface area (Å²) >= 11 is 0. The van der Waals surface area contributed by atoms with Gasteiger partial charge in [-0.05, 0) is 46.7 Å². The van der Waals surface area contributed by atoms with Crippen LogP contribution < -0.4 is 0 Å². The van der Waals surface area contributed by atoms with E-state index < -0.39 is 0 Å². The van der Waals surface area contributed by atoms with Gasteiger partial charge in [-0.2, -0.15) is 0 Å². The number of allylic oxidation sites excluding steroid dienone is 5. The Bertz CT molecular complexity index is 1620. The fraction of sp³-hybridized carbons (Fsp3) is 0.125. The molecule has 0 radical (unpaired) electrons. The van der Waals surface area contributed by atoms with Crippen LogP contribution in [0.4, 0.5) is 0 Å². The van der Waals surface area contributed by atoms with Crippen molar-refractivity contribution >= 4 is 32.6 Å². The topological polar surface area (TPSA) is 4.93 Å². The number of para-hydroxylation sites is 1. The highest BCUT2D eigenvalue weighted by Crippen LogP contribution is 2.40. The van der Waals surface area contributed by atoms with E-state index in [0.717, 1.165) is 12.0 Å². The van der Waals surface area contributed by atoms with Gasteiger partial charge in [-0.3, -0.25) is 0 Å². The van der Waals surface area contributed by atoms with E-state index in [2.05, 4.69) is 128 Å². The molecule has 0 atom stereocenters. The lowest BCUT2D eigenvalue weighted by Gasteiger charge is -2.29. The van der Waals surface area contributed by atoms with E-state index >= 15 is 0 Å². The molecule has 0 saturated heterocycles.